The predicted molar refractivity (Wildman–Crippen MR) is 107 cm³/mol. The van der Waals surface area contributed by atoms with Crippen LogP contribution < -0.4 is 5.32 Å². The number of ketones is 1. The van der Waals surface area contributed by atoms with E-state index in [1.807, 2.05) is 18.2 Å². The van der Waals surface area contributed by atoms with Crippen LogP contribution in [0.4, 0.5) is 0 Å². The standard InChI is InChI=1S/C22H28N2O3/c1-2-3-13-24(14-15-25)17-18-9-11-20(12-10-18)22(27)23-16-21(26)19-7-5-4-6-8-19/h4-12,25H,2-3,13-17H2,1H3,(H,23,27). The van der Waals surface area contributed by atoms with Gasteiger partial charge in [-0.25, -0.2) is 0 Å². The first kappa shape index (κ1) is 20.8. The normalized spacial score (nSPS) is 10.8. The predicted octanol–water partition coefficient (Wildman–Crippen LogP) is 2.89. The van der Waals surface area contributed by atoms with Crippen molar-refractivity contribution in [2.24, 2.45) is 0 Å². The van der Waals surface area contributed by atoms with Gasteiger partial charge in [-0.1, -0.05) is 55.8 Å². The zero-order valence-electron chi connectivity index (χ0n) is 15.9. The van der Waals surface area contributed by atoms with E-state index in [1.54, 1.807) is 36.4 Å². The van der Waals surface area contributed by atoms with E-state index in [0.29, 0.717) is 17.7 Å². The highest BCUT2D eigenvalue weighted by atomic mass is 16.3. The highest BCUT2D eigenvalue weighted by Gasteiger charge is 2.10. The highest BCUT2D eigenvalue weighted by Crippen LogP contribution is 2.09. The van der Waals surface area contributed by atoms with Gasteiger partial charge >= 0.3 is 0 Å². The van der Waals surface area contributed by atoms with Crippen LogP contribution in [0.3, 0.4) is 0 Å². The van der Waals surface area contributed by atoms with Crippen LogP contribution in [0.15, 0.2) is 54.6 Å². The van der Waals surface area contributed by atoms with Gasteiger partial charge in [-0.15, -0.1) is 0 Å². The van der Waals surface area contributed by atoms with E-state index in [2.05, 4.69) is 17.1 Å². The maximum absolute atomic E-state index is 12.3. The number of benzene rings is 2. The second-order valence-electron chi connectivity index (χ2n) is 6.52. The minimum atomic E-state index is -0.260. The maximum Gasteiger partial charge on any atom is 0.251 e. The summed E-state index contributed by atoms with van der Waals surface area (Å²) >= 11 is 0. The van der Waals surface area contributed by atoms with E-state index in [4.69, 9.17) is 0 Å². The number of Topliss-reactive ketones (excluding diaryl/α,β-unsaturated/α-hetero) is 1. The molecule has 0 heterocycles. The van der Waals surface area contributed by atoms with Gasteiger partial charge in [-0.2, -0.15) is 0 Å². The number of nitrogens with zero attached hydrogens (tertiary/aromatic N) is 1. The van der Waals surface area contributed by atoms with E-state index in [9.17, 15) is 14.7 Å². The summed E-state index contributed by atoms with van der Waals surface area (Å²) in [4.78, 5) is 26.5. The van der Waals surface area contributed by atoms with Gasteiger partial charge in [0.05, 0.1) is 13.2 Å². The molecule has 2 N–H and O–H groups in total. The molecule has 0 bridgehead atoms. The van der Waals surface area contributed by atoms with Crippen LogP contribution >= 0.6 is 0 Å². The molecule has 1 amide bonds. The molecule has 0 aromatic heterocycles. The number of carbonyl (C=O) groups excluding carboxylic acids is 2. The Hall–Kier alpha value is -2.50. The van der Waals surface area contributed by atoms with Gasteiger partial charge in [0.25, 0.3) is 5.91 Å². The van der Waals surface area contributed by atoms with E-state index in [-0.39, 0.29) is 24.8 Å². The van der Waals surface area contributed by atoms with Crippen molar-refractivity contribution in [2.45, 2.75) is 26.3 Å². The van der Waals surface area contributed by atoms with E-state index >= 15 is 0 Å². The number of amides is 1. The molecule has 5 heteroatoms. The van der Waals surface area contributed by atoms with E-state index in [1.165, 1.54) is 0 Å². The Morgan fingerprint density at radius 3 is 2.30 bits per heavy atom. The number of aliphatic hydroxyl groups is 1. The Morgan fingerprint density at radius 1 is 0.963 bits per heavy atom. The number of nitrogens with one attached hydrogen (secondary N) is 1. The first-order chi connectivity index (χ1) is 13.1. The molecule has 0 radical (unpaired) electrons. The van der Waals surface area contributed by atoms with Crippen LogP contribution in [0.2, 0.25) is 0 Å². The van der Waals surface area contributed by atoms with Crippen molar-refractivity contribution in [3.05, 3.63) is 71.3 Å². The van der Waals surface area contributed by atoms with Crippen molar-refractivity contribution in [2.75, 3.05) is 26.2 Å². The zero-order chi connectivity index (χ0) is 19.5. The molecule has 5 nitrogen and oxygen atoms in total. The first-order valence-corrected chi connectivity index (χ1v) is 9.42. The van der Waals surface area contributed by atoms with Crippen molar-refractivity contribution in [1.29, 1.82) is 0 Å². The van der Waals surface area contributed by atoms with Crippen molar-refractivity contribution in [3.63, 3.8) is 0 Å². The van der Waals surface area contributed by atoms with Crippen LogP contribution in [0.25, 0.3) is 0 Å². The van der Waals surface area contributed by atoms with Gasteiger partial charge in [0, 0.05) is 24.2 Å². The van der Waals surface area contributed by atoms with Gasteiger partial charge < -0.3 is 10.4 Å². The summed E-state index contributed by atoms with van der Waals surface area (Å²) in [6, 6.07) is 16.3. The minimum absolute atomic E-state index is 0.0219. The topological polar surface area (TPSA) is 69.6 Å². The number of unbranched alkanes of at least 4 members (excludes halogenated alkanes) is 1. The average molecular weight is 368 g/mol. The molecule has 0 spiro atoms. The number of rotatable bonds is 11. The fraction of sp³-hybridized carbons (Fsp3) is 0.364. The molecule has 0 saturated carbocycles. The molecule has 0 aliphatic rings. The third-order valence-corrected chi connectivity index (χ3v) is 4.37. The average Bonchev–Trinajstić information content (AvgIpc) is 2.71. The van der Waals surface area contributed by atoms with Crippen LogP contribution in [-0.2, 0) is 6.54 Å². The molecule has 0 atom stereocenters. The molecule has 0 saturated heterocycles. The quantitative estimate of drug-likeness (QED) is 0.599. The maximum atomic E-state index is 12.3. The zero-order valence-corrected chi connectivity index (χ0v) is 15.9. The van der Waals surface area contributed by atoms with Crippen molar-refractivity contribution < 1.29 is 14.7 Å². The second kappa shape index (κ2) is 11.3. The molecular weight excluding hydrogens is 340 g/mol. The minimum Gasteiger partial charge on any atom is -0.395 e. The lowest BCUT2D eigenvalue weighted by Gasteiger charge is -2.21. The molecule has 2 aromatic carbocycles. The second-order valence-corrected chi connectivity index (χ2v) is 6.52. The van der Waals surface area contributed by atoms with Gasteiger partial charge in [0.15, 0.2) is 5.78 Å². The largest absolute Gasteiger partial charge is 0.395 e. The summed E-state index contributed by atoms with van der Waals surface area (Å²) in [6.45, 7) is 4.60. The Morgan fingerprint density at radius 2 is 1.67 bits per heavy atom. The Balaban J connectivity index is 1.88. The number of hydrogen-bond donors (Lipinski definition) is 2. The smallest absolute Gasteiger partial charge is 0.251 e. The third kappa shape index (κ3) is 6.96. The summed E-state index contributed by atoms with van der Waals surface area (Å²) in [7, 11) is 0. The SMILES string of the molecule is CCCCN(CCO)Cc1ccc(C(=O)NCC(=O)c2ccccc2)cc1. The lowest BCUT2D eigenvalue weighted by atomic mass is 10.1. The van der Waals surface area contributed by atoms with Gasteiger partial charge in [0.1, 0.15) is 0 Å². The molecule has 0 unspecified atom stereocenters. The summed E-state index contributed by atoms with van der Waals surface area (Å²) < 4.78 is 0. The van der Waals surface area contributed by atoms with E-state index < -0.39 is 0 Å². The van der Waals surface area contributed by atoms with Crippen LogP contribution in [0.1, 0.15) is 46.0 Å². The molecular formula is C22H28N2O3. The van der Waals surface area contributed by atoms with Gasteiger partial charge in [0.2, 0.25) is 0 Å². The third-order valence-electron chi connectivity index (χ3n) is 4.37. The van der Waals surface area contributed by atoms with Crippen LogP contribution in [0, 0.1) is 0 Å². The lowest BCUT2D eigenvalue weighted by molar-refractivity contribution is 0.0904. The van der Waals surface area contributed by atoms with E-state index in [0.717, 1.165) is 31.5 Å². The molecule has 144 valence electrons. The molecule has 2 aromatic rings. The summed E-state index contributed by atoms with van der Waals surface area (Å²) in [6.07, 6.45) is 2.21. The van der Waals surface area contributed by atoms with Crippen molar-refractivity contribution in [1.82, 2.24) is 10.2 Å². The monoisotopic (exact) mass is 368 g/mol. The molecule has 27 heavy (non-hydrogen) atoms. The number of aliphatic hydroxyl groups excluding tert-OH is 1. The van der Waals surface area contributed by atoms with Crippen molar-refractivity contribution >= 4 is 11.7 Å². The first-order valence-electron chi connectivity index (χ1n) is 9.42. The Kier molecular flexibility index (Phi) is 8.68. The Labute approximate surface area is 161 Å². The molecule has 0 fully saturated rings. The number of hydrogen-bond acceptors (Lipinski definition) is 4. The Bertz CT molecular complexity index is 714. The summed E-state index contributed by atoms with van der Waals surface area (Å²) in [5.74, 6) is -0.375. The summed E-state index contributed by atoms with van der Waals surface area (Å²) in [5.41, 5.74) is 2.21. The van der Waals surface area contributed by atoms with Gasteiger partial charge in [-0.3, -0.25) is 14.5 Å². The van der Waals surface area contributed by atoms with Crippen LogP contribution in [0.5, 0.6) is 0 Å². The van der Waals surface area contributed by atoms with Gasteiger partial charge in [-0.05, 0) is 30.7 Å². The molecule has 2 rings (SSSR count). The lowest BCUT2D eigenvalue weighted by Crippen LogP contribution is -2.29. The molecule has 0 aliphatic heterocycles. The van der Waals surface area contributed by atoms with Crippen molar-refractivity contribution in [3.8, 4) is 0 Å². The summed E-state index contributed by atoms with van der Waals surface area (Å²) in [5, 5.41) is 11.9. The van der Waals surface area contributed by atoms with Crippen LogP contribution in [-0.4, -0.2) is 47.9 Å². The fourth-order valence-electron chi connectivity index (χ4n) is 2.80. The fourth-order valence-corrected chi connectivity index (χ4v) is 2.80. The highest BCUT2D eigenvalue weighted by molar-refractivity contribution is 6.02. The number of carbonyl (C=O) groups is 2. The molecule has 0 aliphatic carbocycles.